The normalized spacial score (nSPS) is 11.3. The van der Waals surface area contributed by atoms with Crippen LogP contribution >= 0.6 is 11.8 Å². The fourth-order valence-corrected chi connectivity index (χ4v) is 7.00. The van der Waals surface area contributed by atoms with Crippen LogP contribution in [0.2, 0.25) is 0 Å². The molecule has 0 atom stereocenters. The molecule has 0 saturated carbocycles. The number of benzene rings is 2. The number of amides is 2. The molecule has 0 bridgehead atoms. The van der Waals surface area contributed by atoms with Crippen LogP contribution in [0.1, 0.15) is 47.9 Å². The van der Waals surface area contributed by atoms with E-state index in [1.165, 1.54) is 0 Å². The maximum Gasteiger partial charge on any atom is 0.220 e. The van der Waals surface area contributed by atoms with E-state index in [4.69, 9.17) is 0 Å². The topological polar surface area (TPSA) is 153 Å². The third-order valence-electron chi connectivity index (χ3n) is 9.54. The van der Waals surface area contributed by atoms with Crippen molar-refractivity contribution in [2.75, 3.05) is 87.0 Å². The molecular formula is C46H62N6O6S+2. The molecule has 316 valence electrons. The van der Waals surface area contributed by atoms with E-state index in [1.807, 2.05) is 83.1 Å². The fraction of sp³-hybridized carbons (Fsp3) is 0.391. The summed E-state index contributed by atoms with van der Waals surface area (Å²) in [7, 11) is 0. The summed E-state index contributed by atoms with van der Waals surface area (Å²) in [4.78, 5) is 28.6. The van der Waals surface area contributed by atoms with E-state index in [9.17, 15) is 30.0 Å². The molecule has 0 aliphatic rings. The van der Waals surface area contributed by atoms with Crippen LogP contribution in [0.4, 0.5) is 11.4 Å². The molecule has 13 heteroatoms. The first-order valence-corrected chi connectivity index (χ1v) is 21.6. The number of nitrogens with one attached hydrogen (secondary N) is 2. The van der Waals surface area contributed by atoms with Crippen LogP contribution in [0.3, 0.4) is 0 Å². The molecule has 0 fully saturated rings. The van der Waals surface area contributed by atoms with E-state index in [0.29, 0.717) is 52.1 Å². The molecule has 0 radical (unpaired) electrons. The first-order valence-electron chi connectivity index (χ1n) is 20.5. The van der Waals surface area contributed by atoms with E-state index >= 15 is 0 Å². The lowest BCUT2D eigenvalue weighted by molar-refractivity contribution is -0.697. The standard InChI is InChI=1S/C46H60N6O6S/c53-33-29-51(30-34-54)43-13-9-39(10-14-43)5-7-41-17-25-49(26-18-41)23-1-3-45(57)47-21-37-59-38-22-48-46(58)4-2-24-50-27-19-42(20-28-50)8-6-40-11-15-44(16-12-40)52(31-35-55)32-36-56/h5-20,25-28,53-56H,1-4,21-24,29-38H2/p+2. The van der Waals surface area contributed by atoms with Gasteiger partial charge in [0.2, 0.25) is 11.8 Å². The van der Waals surface area contributed by atoms with Gasteiger partial charge in [0.1, 0.15) is 13.1 Å². The van der Waals surface area contributed by atoms with Crippen molar-refractivity contribution in [3.63, 3.8) is 0 Å². The van der Waals surface area contributed by atoms with Crippen molar-refractivity contribution in [3.8, 4) is 0 Å². The van der Waals surface area contributed by atoms with Crippen molar-refractivity contribution < 1.29 is 39.1 Å². The Morgan fingerprint density at radius 2 is 0.831 bits per heavy atom. The molecular weight excluding hydrogens is 765 g/mol. The Morgan fingerprint density at radius 1 is 0.508 bits per heavy atom. The van der Waals surface area contributed by atoms with Gasteiger partial charge in [-0.3, -0.25) is 9.59 Å². The first-order chi connectivity index (χ1) is 28.9. The summed E-state index contributed by atoms with van der Waals surface area (Å²) in [6, 6.07) is 24.3. The zero-order valence-electron chi connectivity index (χ0n) is 34.1. The number of hydrogen-bond donors (Lipinski definition) is 6. The largest absolute Gasteiger partial charge is 0.395 e. The van der Waals surface area contributed by atoms with Crippen LogP contribution in [0.15, 0.2) is 97.6 Å². The second-order valence-electron chi connectivity index (χ2n) is 14.0. The first kappa shape index (κ1) is 46.6. The van der Waals surface area contributed by atoms with Gasteiger partial charge in [-0.1, -0.05) is 48.6 Å². The molecule has 4 aromatic rings. The summed E-state index contributed by atoms with van der Waals surface area (Å²) in [5.74, 6) is 1.69. The molecule has 0 spiro atoms. The summed E-state index contributed by atoms with van der Waals surface area (Å²) in [5.41, 5.74) is 6.21. The summed E-state index contributed by atoms with van der Waals surface area (Å²) in [5, 5.41) is 43.0. The van der Waals surface area contributed by atoms with Crippen molar-refractivity contribution in [3.05, 3.63) is 120 Å². The predicted molar refractivity (Wildman–Crippen MR) is 239 cm³/mol. The number of aryl methyl sites for hydroxylation is 2. The Labute approximate surface area is 353 Å². The number of rotatable bonds is 28. The van der Waals surface area contributed by atoms with Gasteiger partial charge in [-0.2, -0.15) is 11.8 Å². The second kappa shape index (κ2) is 27.6. The highest BCUT2D eigenvalue weighted by atomic mass is 32.2. The molecule has 0 saturated heterocycles. The molecule has 0 aliphatic carbocycles. The summed E-state index contributed by atoms with van der Waals surface area (Å²) >= 11 is 1.71. The van der Waals surface area contributed by atoms with Crippen molar-refractivity contribution in [2.24, 2.45) is 0 Å². The Morgan fingerprint density at radius 3 is 1.15 bits per heavy atom. The van der Waals surface area contributed by atoms with Crippen LogP contribution in [0.25, 0.3) is 24.3 Å². The van der Waals surface area contributed by atoms with Gasteiger partial charge < -0.3 is 40.9 Å². The number of aliphatic hydroxyl groups is 4. The minimum Gasteiger partial charge on any atom is -0.395 e. The van der Waals surface area contributed by atoms with Crippen LogP contribution in [0, 0.1) is 0 Å². The number of carbonyl (C=O) groups excluding carboxylic acids is 2. The molecule has 2 amide bonds. The molecule has 4 rings (SSSR count). The van der Waals surface area contributed by atoms with Crippen molar-refractivity contribution in [2.45, 2.75) is 38.8 Å². The van der Waals surface area contributed by atoms with E-state index < -0.39 is 0 Å². The summed E-state index contributed by atoms with van der Waals surface area (Å²) in [6.45, 7) is 4.79. The maximum atomic E-state index is 12.3. The predicted octanol–water partition coefficient (Wildman–Crippen LogP) is 3.41. The Kier molecular flexibility index (Phi) is 21.8. The highest BCUT2D eigenvalue weighted by molar-refractivity contribution is 7.99. The van der Waals surface area contributed by atoms with Crippen molar-refractivity contribution in [1.82, 2.24) is 10.6 Å². The number of aliphatic hydroxyl groups excluding tert-OH is 4. The van der Waals surface area contributed by atoms with E-state index in [0.717, 1.165) is 71.1 Å². The summed E-state index contributed by atoms with van der Waals surface area (Å²) in [6.07, 6.45) is 18.7. The minimum absolute atomic E-state index is 0.0365. The zero-order chi connectivity index (χ0) is 41.9. The molecule has 6 N–H and O–H groups in total. The van der Waals surface area contributed by atoms with Crippen molar-refractivity contribution >= 4 is 59.3 Å². The molecule has 2 heterocycles. The number of carbonyl (C=O) groups is 2. The highest BCUT2D eigenvalue weighted by Gasteiger charge is 2.09. The third kappa shape index (κ3) is 18.2. The molecule has 2 aromatic heterocycles. The number of anilines is 2. The van der Waals surface area contributed by atoms with Gasteiger partial charge in [0.25, 0.3) is 0 Å². The Hall–Kier alpha value is -5.05. The van der Waals surface area contributed by atoms with Gasteiger partial charge in [0, 0.05) is 112 Å². The Bertz CT molecular complexity index is 1690. The molecule has 2 aromatic carbocycles. The number of nitrogens with zero attached hydrogens (tertiary/aromatic N) is 4. The van der Waals surface area contributed by atoms with Gasteiger partial charge in [-0.15, -0.1) is 0 Å². The number of pyridine rings is 2. The lowest BCUT2D eigenvalue weighted by Crippen LogP contribution is -2.34. The van der Waals surface area contributed by atoms with Crippen LogP contribution in [-0.4, -0.2) is 109 Å². The average Bonchev–Trinajstić information content (AvgIpc) is 3.26. The maximum absolute atomic E-state index is 12.3. The zero-order valence-corrected chi connectivity index (χ0v) is 34.9. The van der Waals surface area contributed by atoms with Gasteiger partial charge in [0.15, 0.2) is 24.8 Å². The van der Waals surface area contributed by atoms with Crippen LogP contribution in [-0.2, 0) is 22.7 Å². The minimum atomic E-state index is 0.0365. The van der Waals surface area contributed by atoms with E-state index in [-0.39, 0.29) is 38.2 Å². The lowest BCUT2D eigenvalue weighted by Gasteiger charge is -2.22. The van der Waals surface area contributed by atoms with Gasteiger partial charge in [-0.25, -0.2) is 9.13 Å². The molecule has 59 heavy (non-hydrogen) atoms. The molecule has 12 nitrogen and oxygen atoms in total. The SMILES string of the molecule is O=C(CCC[n+]1ccc(C=Cc2ccc(N(CCO)CCO)cc2)cc1)NCCSCCNC(=O)CCC[n+]1ccc(C=Cc2ccc(N(CCO)CCO)cc2)cc1. The third-order valence-corrected chi connectivity index (χ3v) is 10.5. The fourth-order valence-electron chi connectivity index (χ4n) is 6.31. The number of hydrogen-bond acceptors (Lipinski definition) is 9. The number of thioether (sulfide) groups is 1. The quantitative estimate of drug-likeness (QED) is 0.0374. The monoisotopic (exact) mass is 826 g/mol. The second-order valence-corrected chi connectivity index (χ2v) is 15.2. The number of aromatic nitrogens is 2. The van der Waals surface area contributed by atoms with Crippen LogP contribution in [0.5, 0.6) is 0 Å². The average molecular weight is 827 g/mol. The highest BCUT2D eigenvalue weighted by Crippen LogP contribution is 2.18. The van der Waals surface area contributed by atoms with Gasteiger partial charge >= 0.3 is 0 Å². The van der Waals surface area contributed by atoms with E-state index in [1.54, 1.807) is 11.8 Å². The molecule has 0 unspecified atom stereocenters. The van der Waals surface area contributed by atoms with E-state index in [2.05, 4.69) is 68.3 Å². The van der Waals surface area contributed by atoms with Gasteiger partial charge in [-0.05, 0) is 46.5 Å². The summed E-state index contributed by atoms with van der Waals surface area (Å²) < 4.78 is 4.16. The van der Waals surface area contributed by atoms with Crippen LogP contribution < -0.4 is 29.6 Å². The van der Waals surface area contributed by atoms with Gasteiger partial charge in [0.05, 0.1) is 26.4 Å². The Balaban J connectivity index is 0.997. The molecule has 0 aliphatic heterocycles. The van der Waals surface area contributed by atoms with Crippen molar-refractivity contribution in [1.29, 1.82) is 0 Å². The lowest BCUT2D eigenvalue weighted by atomic mass is 10.1. The smallest absolute Gasteiger partial charge is 0.220 e.